The summed E-state index contributed by atoms with van der Waals surface area (Å²) in [5, 5.41) is 0.183. The van der Waals surface area contributed by atoms with E-state index in [1.807, 2.05) is 0 Å². The van der Waals surface area contributed by atoms with Crippen molar-refractivity contribution >= 4 is 40.5 Å². The van der Waals surface area contributed by atoms with Crippen molar-refractivity contribution in [1.29, 1.82) is 0 Å². The van der Waals surface area contributed by atoms with Gasteiger partial charge in [-0.25, -0.2) is 4.98 Å². The average Bonchev–Trinajstić information content (AvgIpc) is 2.81. The Bertz CT molecular complexity index is 745. The number of aryl methyl sites for hydroxylation is 1. The molecule has 0 aliphatic rings. The Kier molecular flexibility index (Phi) is 5.15. The molecule has 0 radical (unpaired) electrons. The SMILES string of the molecule is CC(=O)OC(C)C(CCn1cnc2c(Cl)nc(N)nc21)C(C)=O. The fourth-order valence-corrected chi connectivity index (χ4v) is 2.70. The van der Waals surface area contributed by atoms with E-state index in [-0.39, 0.29) is 16.9 Å². The van der Waals surface area contributed by atoms with Gasteiger partial charge in [-0.15, -0.1) is 0 Å². The molecule has 2 aromatic rings. The molecule has 0 bridgehead atoms. The first kappa shape index (κ1) is 17.1. The maximum absolute atomic E-state index is 11.8. The van der Waals surface area contributed by atoms with Crippen LogP contribution in [-0.4, -0.2) is 37.4 Å². The van der Waals surface area contributed by atoms with Crippen molar-refractivity contribution in [2.45, 2.75) is 39.8 Å². The van der Waals surface area contributed by atoms with Gasteiger partial charge in [-0.1, -0.05) is 11.6 Å². The molecule has 2 atom stereocenters. The highest BCUT2D eigenvalue weighted by Gasteiger charge is 2.24. The lowest BCUT2D eigenvalue weighted by molar-refractivity contribution is -0.149. The van der Waals surface area contributed by atoms with Crippen molar-refractivity contribution in [2.24, 2.45) is 5.92 Å². The van der Waals surface area contributed by atoms with Crippen LogP contribution < -0.4 is 5.73 Å². The highest BCUT2D eigenvalue weighted by molar-refractivity contribution is 6.33. The average molecular weight is 340 g/mol. The van der Waals surface area contributed by atoms with Crippen LogP contribution in [-0.2, 0) is 20.9 Å². The van der Waals surface area contributed by atoms with E-state index in [1.165, 1.54) is 13.8 Å². The first-order chi connectivity index (χ1) is 10.8. The van der Waals surface area contributed by atoms with Crippen LogP contribution in [0.2, 0.25) is 5.15 Å². The number of carbonyl (C=O) groups is 2. The van der Waals surface area contributed by atoms with E-state index in [9.17, 15) is 9.59 Å². The van der Waals surface area contributed by atoms with Crippen molar-refractivity contribution in [2.75, 3.05) is 5.73 Å². The Balaban J connectivity index is 2.18. The Labute approximate surface area is 138 Å². The molecule has 2 heterocycles. The highest BCUT2D eigenvalue weighted by Crippen LogP contribution is 2.21. The van der Waals surface area contributed by atoms with Crippen LogP contribution in [0.5, 0.6) is 0 Å². The first-order valence-corrected chi connectivity index (χ1v) is 7.49. The van der Waals surface area contributed by atoms with Gasteiger partial charge >= 0.3 is 5.97 Å². The van der Waals surface area contributed by atoms with Crippen molar-refractivity contribution in [3.63, 3.8) is 0 Å². The molecule has 23 heavy (non-hydrogen) atoms. The molecule has 0 amide bonds. The summed E-state index contributed by atoms with van der Waals surface area (Å²) >= 11 is 5.98. The zero-order valence-corrected chi connectivity index (χ0v) is 13.9. The lowest BCUT2D eigenvalue weighted by atomic mass is 9.95. The number of carbonyl (C=O) groups excluding carboxylic acids is 2. The molecular weight excluding hydrogens is 322 g/mol. The minimum atomic E-state index is -0.497. The highest BCUT2D eigenvalue weighted by atomic mass is 35.5. The lowest BCUT2D eigenvalue weighted by Gasteiger charge is -2.21. The summed E-state index contributed by atoms with van der Waals surface area (Å²) in [6.45, 7) is 4.96. The number of ether oxygens (including phenoxy) is 1. The van der Waals surface area contributed by atoms with Crippen LogP contribution in [0, 0.1) is 5.92 Å². The van der Waals surface area contributed by atoms with Crippen LogP contribution in [0.1, 0.15) is 27.2 Å². The maximum Gasteiger partial charge on any atom is 0.302 e. The third-order valence-electron chi connectivity index (χ3n) is 3.56. The van der Waals surface area contributed by atoms with E-state index in [0.29, 0.717) is 24.1 Å². The number of ketones is 1. The van der Waals surface area contributed by atoms with E-state index >= 15 is 0 Å². The summed E-state index contributed by atoms with van der Waals surface area (Å²) in [6, 6.07) is 0. The molecule has 2 unspecified atom stereocenters. The number of fused-ring (bicyclic) bond motifs is 1. The minimum Gasteiger partial charge on any atom is -0.462 e. The topological polar surface area (TPSA) is 113 Å². The number of hydrogen-bond donors (Lipinski definition) is 1. The number of hydrogen-bond acceptors (Lipinski definition) is 7. The van der Waals surface area contributed by atoms with E-state index < -0.39 is 18.0 Å². The number of nitrogens with two attached hydrogens (primary N) is 1. The molecule has 0 saturated heterocycles. The second-order valence-corrected chi connectivity index (χ2v) is 5.66. The normalized spacial score (nSPS) is 13.7. The van der Waals surface area contributed by atoms with Crippen LogP contribution >= 0.6 is 11.6 Å². The van der Waals surface area contributed by atoms with E-state index in [2.05, 4.69) is 15.0 Å². The van der Waals surface area contributed by atoms with E-state index in [1.54, 1.807) is 17.8 Å². The van der Waals surface area contributed by atoms with Gasteiger partial charge in [0.25, 0.3) is 0 Å². The molecule has 2 N–H and O–H groups in total. The first-order valence-electron chi connectivity index (χ1n) is 7.11. The molecule has 2 rings (SSSR count). The fourth-order valence-electron chi connectivity index (χ4n) is 2.48. The smallest absolute Gasteiger partial charge is 0.302 e. The molecule has 0 saturated carbocycles. The Morgan fingerprint density at radius 3 is 2.70 bits per heavy atom. The number of Topliss-reactive ketones (excluding diaryl/α,β-unsaturated/α-hetero) is 1. The van der Waals surface area contributed by atoms with E-state index in [0.717, 1.165) is 0 Å². The summed E-state index contributed by atoms with van der Waals surface area (Å²) in [6.07, 6.45) is 1.54. The van der Waals surface area contributed by atoms with Crippen LogP contribution in [0.3, 0.4) is 0 Å². The van der Waals surface area contributed by atoms with Crippen LogP contribution in [0.15, 0.2) is 6.33 Å². The quantitative estimate of drug-likeness (QED) is 0.628. The maximum atomic E-state index is 11.8. The monoisotopic (exact) mass is 339 g/mol. The van der Waals surface area contributed by atoms with Crippen molar-refractivity contribution in [1.82, 2.24) is 19.5 Å². The Morgan fingerprint density at radius 1 is 1.39 bits per heavy atom. The third kappa shape index (κ3) is 3.95. The largest absolute Gasteiger partial charge is 0.462 e. The molecule has 8 nitrogen and oxygen atoms in total. The molecule has 0 fully saturated rings. The summed E-state index contributed by atoms with van der Waals surface area (Å²) in [4.78, 5) is 35.0. The molecule has 0 aliphatic carbocycles. The second-order valence-electron chi connectivity index (χ2n) is 5.30. The minimum absolute atomic E-state index is 0.0460. The van der Waals surface area contributed by atoms with Gasteiger partial charge in [0.15, 0.2) is 10.8 Å². The number of aromatic nitrogens is 4. The Hall–Kier alpha value is -2.22. The van der Waals surface area contributed by atoms with Gasteiger partial charge in [-0.2, -0.15) is 9.97 Å². The molecule has 124 valence electrons. The number of nitrogens with zero attached hydrogens (tertiary/aromatic N) is 4. The molecule has 9 heteroatoms. The zero-order chi connectivity index (χ0) is 17.1. The van der Waals surface area contributed by atoms with Gasteiger partial charge in [-0.05, 0) is 20.3 Å². The summed E-state index contributed by atoms with van der Waals surface area (Å²) in [7, 11) is 0. The summed E-state index contributed by atoms with van der Waals surface area (Å²) < 4.78 is 6.86. The summed E-state index contributed by atoms with van der Waals surface area (Å²) in [5.41, 5.74) is 6.56. The van der Waals surface area contributed by atoms with Gasteiger partial charge < -0.3 is 15.0 Å². The van der Waals surface area contributed by atoms with Gasteiger partial charge in [0, 0.05) is 13.5 Å². The fraction of sp³-hybridized carbons (Fsp3) is 0.500. The van der Waals surface area contributed by atoms with E-state index in [4.69, 9.17) is 22.1 Å². The van der Waals surface area contributed by atoms with Crippen LogP contribution in [0.4, 0.5) is 5.95 Å². The third-order valence-corrected chi connectivity index (χ3v) is 3.82. The number of rotatable bonds is 6. The predicted molar refractivity (Wildman–Crippen MR) is 84.8 cm³/mol. The van der Waals surface area contributed by atoms with Gasteiger partial charge in [-0.3, -0.25) is 9.59 Å². The van der Waals surface area contributed by atoms with Gasteiger partial charge in [0.2, 0.25) is 5.95 Å². The number of esters is 1. The summed E-state index contributed by atoms with van der Waals surface area (Å²) in [5.74, 6) is -0.814. The number of nitrogen functional groups attached to an aromatic ring is 1. The van der Waals surface area contributed by atoms with Crippen molar-refractivity contribution in [3.05, 3.63) is 11.5 Å². The predicted octanol–water partition coefficient (Wildman–Crippen LogP) is 1.61. The molecule has 0 aromatic carbocycles. The van der Waals surface area contributed by atoms with Crippen LogP contribution in [0.25, 0.3) is 11.2 Å². The molecular formula is C14H18ClN5O3. The van der Waals surface area contributed by atoms with Crippen molar-refractivity contribution in [3.8, 4) is 0 Å². The second kappa shape index (κ2) is 6.91. The zero-order valence-electron chi connectivity index (χ0n) is 13.1. The lowest BCUT2D eigenvalue weighted by Crippen LogP contribution is -2.29. The molecule has 0 spiro atoms. The van der Waals surface area contributed by atoms with Gasteiger partial charge in [0.05, 0.1) is 12.2 Å². The van der Waals surface area contributed by atoms with Gasteiger partial charge in [0.1, 0.15) is 17.4 Å². The number of imidazole rings is 1. The number of anilines is 1. The molecule has 0 aliphatic heterocycles. The molecule has 2 aromatic heterocycles. The van der Waals surface area contributed by atoms with Crippen molar-refractivity contribution < 1.29 is 14.3 Å². The Morgan fingerprint density at radius 2 is 2.09 bits per heavy atom. The standard InChI is InChI=1S/C14H18ClN5O3/c1-7(21)10(8(2)23-9(3)22)4-5-20-6-17-11-12(15)18-14(16)19-13(11)20/h6,8,10H,4-5H2,1-3H3,(H2,16,18,19). The number of halogens is 1.